The van der Waals surface area contributed by atoms with E-state index >= 15 is 0 Å². The molecular weight excluding hydrogens is 308 g/mol. The molecule has 118 valence electrons. The van der Waals surface area contributed by atoms with E-state index in [2.05, 4.69) is 12.1 Å². The highest BCUT2D eigenvalue weighted by molar-refractivity contribution is 6.17. The van der Waals surface area contributed by atoms with Crippen LogP contribution in [0.25, 0.3) is 11.0 Å². The largest absolute Gasteiger partial charge is 0.329 e. The fraction of sp³-hybridized carbons (Fsp3) is 0.316. The topological polar surface area (TPSA) is 26.9 Å². The molecule has 3 aromatic rings. The van der Waals surface area contributed by atoms with E-state index in [1.807, 2.05) is 51.6 Å². The van der Waals surface area contributed by atoms with E-state index in [9.17, 15) is 4.79 Å². The molecule has 1 atom stereocenters. The summed E-state index contributed by atoms with van der Waals surface area (Å²) in [5, 5.41) is 0. The molecule has 0 aliphatic heterocycles. The van der Waals surface area contributed by atoms with Gasteiger partial charge in [-0.2, -0.15) is 0 Å². The lowest BCUT2D eigenvalue weighted by atomic mass is 10.0. The number of para-hydroxylation sites is 2. The highest BCUT2D eigenvalue weighted by Crippen LogP contribution is 2.37. The Bertz CT molecular complexity index is 877. The standard InChI is InChI=1S/C19H19ClN2O/c20-13-12-16(14-6-2-1-3-7-14)22-18-9-5-4-8-17(18)21(19(22)23)15-10-11-15/h1-9,15-16H,10-13H2/t16-/m1/s1. The summed E-state index contributed by atoms with van der Waals surface area (Å²) in [6, 6.07) is 18.6. The van der Waals surface area contributed by atoms with Gasteiger partial charge in [0.25, 0.3) is 0 Å². The minimum absolute atomic E-state index is 0.0221. The van der Waals surface area contributed by atoms with Crippen LogP contribution in [0.5, 0.6) is 0 Å². The number of benzene rings is 2. The van der Waals surface area contributed by atoms with Gasteiger partial charge in [0.15, 0.2) is 0 Å². The summed E-state index contributed by atoms with van der Waals surface area (Å²) in [5.74, 6) is 0.523. The van der Waals surface area contributed by atoms with Crippen LogP contribution in [0, 0.1) is 0 Å². The van der Waals surface area contributed by atoms with Crippen molar-refractivity contribution in [2.24, 2.45) is 0 Å². The summed E-state index contributed by atoms with van der Waals surface area (Å²) in [4.78, 5) is 13.1. The summed E-state index contributed by atoms with van der Waals surface area (Å²) in [5.41, 5.74) is 3.26. The Balaban J connectivity index is 1.96. The molecule has 1 heterocycles. The zero-order valence-corrected chi connectivity index (χ0v) is 13.6. The number of aromatic nitrogens is 2. The van der Waals surface area contributed by atoms with E-state index in [1.165, 1.54) is 0 Å². The number of rotatable bonds is 5. The van der Waals surface area contributed by atoms with Crippen molar-refractivity contribution in [2.45, 2.75) is 31.3 Å². The smallest absolute Gasteiger partial charge is 0.289 e. The maximum Gasteiger partial charge on any atom is 0.329 e. The first-order valence-corrected chi connectivity index (χ1v) is 8.67. The average Bonchev–Trinajstić information content (AvgIpc) is 3.37. The molecule has 1 fully saturated rings. The van der Waals surface area contributed by atoms with Gasteiger partial charge in [0.05, 0.1) is 17.1 Å². The Morgan fingerprint density at radius 2 is 1.65 bits per heavy atom. The zero-order valence-electron chi connectivity index (χ0n) is 12.9. The molecule has 23 heavy (non-hydrogen) atoms. The van der Waals surface area contributed by atoms with Crippen molar-refractivity contribution >= 4 is 22.6 Å². The Morgan fingerprint density at radius 3 is 2.30 bits per heavy atom. The predicted molar refractivity (Wildman–Crippen MR) is 94.4 cm³/mol. The Labute approximate surface area is 140 Å². The third-order valence-electron chi connectivity index (χ3n) is 4.60. The normalized spacial score (nSPS) is 15.9. The molecule has 1 aliphatic carbocycles. The Hall–Kier alpha value is -2.00. The number of fused-ring (bicyclic) bond motifs is 1. The summed E-state index contributed by atoms with van der Waals surface area (Å²) >= 11 is 6.06. The molecule has 0 saturated heterocycles. The van der Waals surface area contributed by atoms with Gasteiger partial charge in [-0.25, -0.2) is 4.79 Å². The van der Waals surface area contributed by atoms with Crippen LogP contribution in [0.3, 0.4) is 0 Å². The molecule has 1 aliphatic rings. The van der Waals surface area contributed by atoms with E-state index in [0.717, 1.165) is 35.9 Å². The molecule has 1 aromatic heterocycles. The molecule has 0 bridgehead atoms. The monoisotopic (exact) mass is 326 g/mol. The number of hydrogen-bond acceptors (Lipinski definition) is 1. The maximum absolute atomic E-state index is 13.1. The minimum Gasteiger partial charge on any atom is -0.289 e. The van der Waals surface area contributed by atoms with E-state index in [0.29, 0.717) is 11.9 Å². The van der Waals surface area contributed by atoms with Crippen molar-refractivity contribution in [3.63, 3.8) is 0 Å². The van der Waals surface area contributed by atoms with Gasteiger partial charge >= 0.3 is 5.69 Å². The van der Waals surface area contributed by atoms with Crippen LogP contribution < -0.4 is 5.69 Å². The highest BCUT2D eigenvalue weighted by atomic mass is 35.5. The quantitative estimate of drug-likeness (QED) is 0.640. The van der Waals surface area contributed by atoms with Crippen molar-refractivity contribution in [1.82, 2.24) is 9.13 Å². The number of imidazole rings is 1. The van der Waals surface area contributed by atoms with E-state index in [1.54, 1.807) is 0 Å². The molecule has 1 saturated carbocycles. The van der Waals surface area contributed by atoms with Gasteiger partial charge in [0.2, 0.25) is 0 Å². The molecular formula is C19H19ClN2O. The van der Waals surface area contributed by atoms with Crippen LogP contribution in [0.1, 0.15) is 36.9 Å². The SMILES string of the molecule is O=c1n(C2CC2)c2ccccc2n1[C@H](CCCl)c1ccccc1. The highest BCUT2D eigenvalue weighted by Gasteiger charge is 2.30. The van der Waals surface area contributed by atoms with Crippen molar-refractivity contribution in [3.8, 4) is 0 Å². The summed E-state index contributed by atoms with van der Waals surface area (Å²) < 4.78 is 3.91. The van der Waals surface area contributed by atoms with E-state index in [-0.39, 0.29) is 11.7 Å². The molecule has 0 radical (unpaired) electrons. The first kappa shape index (κ1) is 14.6. The van der Waals surface area contributed by atoms with Crippen LogP contribution in [0.4, 0.5) is 0 Å². The van der Waals surface area contributed by atoms with Crippen molar-refractivity contribution in [2.75, 3.05) is 5.88 Å². The lowest BCUT2D eigenvalue weighted by Gasteiger charge is -2.18. The van der Waals surface area contributed by atoms with Gasteiger partial charge in [0, 0.05) is 11.9 Å². The second-order valence-electron chi connectivity index (χ2n) is 6.15. The fourth-order valence-corrected chi connectivity index (χ4v) is 3.61. The third-order valence-corrected chi connectivity index (χ3v) is 4.82. The Kier molecular flexibility index (Phi) is 3.74. The molecule has 0 N–H and O–H groups in total. The van der Waals surface area contributed by atoms with Crippen LogP contribution in [0.2, 0.25) is 0 Å². The minimum atomic E-state index is -0.0221. The van der Waals surface area contributed by atoms with Crippen LogP contribution in [0.15, 0.2) is 59.4 Å². The summed E-state index contributed by atoms with van der Waals surface area (Å²) in [6.07, 6.45) is 2.93. The van der Waals surface area contributed by atoms with Gasteiger partial charge in [-0.3, -0.25) is 9.13 Å². The number of alkyl halides is 1. The van der Waals surface area contributed by atoms with Gasteiger partial charge < -0.3 is 0 Å². The summed E-state index contributed by atoms with van der Waals surface area (Å²) in [7, 11) is 0. The lowest BCUT2D eigenvalue weighted by molar-refractivity contribution is 0.546. The lowest BCUT2D eigenvalue weighted by Crippen LogP contribution is -2.28. The second kappa shape index (κ2) is 5.89. The Morgan fingerprint density at radius 1 is 1.00 bits per heavy atom. The number of hydrogen-bond donors (Lipinski definition) is 0. The van der Waals surface area contributed by atoms with Gasteiger partial charge in [-0.15, -0.1) is 11.6 Å². The van der Waals surface area contributed by atoms with Crippen LogP contribution in [-0.2, 0) is 0 Å². The molecule has 0 unspecified atom stereocenters. The predicted octanol–water partition coefficient (Wildman–Crippen LogP) is 4.36. The van der Waals surface area contributed by atoms with Gasteiger partial charge in [-0.1, -0.05) is 42.5 Å². The zero-order chi connectivity index (χ0) is 15.8. The van der Waals surface area contributed by atoms with Crippen molar-refractivity contribution in [1.29, 1.82) is 0 Å². The molecule has 2 aromatic carbocycles. The van der Waals surface area contributed by atoms with Crippen LogP contribution in [-0.4, -0.2) is 15.0 Å². The second-order valence-corrected chi connectivity index (χ2v) is 6.52. The van der Waals surface area contributed by atoms with Crippen molar-refractivity contribution in [3.05, 3.63) is 70.6 Å². The molecule has 0 spiro atoms. The maximum atomic E-state index is 13.1. The summed E-state index contributed by atoms with van der Waals surface area (Å²) in [6.45, 7) is 0. The molecule has 4 heteroatoms. The number of nitrogens with zero attached hydrogens (tertiary/aromatic N) is 2. The third kappa shape index (κ3) is 2.49. The fourth-order valence-electron chi connectivity index (χ4n) is 3.40. The van der Waals surface area contributed by atoms with E-state index < -0.39 is 0 Å². The first-order valence-electron chi connectivity index (χ1n) is 8.13. The number of halogens is 1. The molecule has 0 amide bonds. The van der Waals surface area contributed by atoms with Crippen molar-refractivity contribution < 1.29 is 0 Å². The van der Waals surface area contributed by atoms with Gasteiger partial charge in [-0.05, 0) is 37.0 Å². The molecule has 4 rings (SSSR count). The van der Waals surface area contributed by atoms with Crippen LogP contribution >= 0.6 is 11.6 Å². The molecule has 3 nitrogen and oxygen atoms in total. The van der Waals surface area contributed by atoms with E-state index in [4.69, 9.17) is 11.6 Å². The average molecular weight is 327 g/mol. The van der Waals surface area contributed by atoms with Gasteiger partial charge in [0.1, 0.15) is 0 Å². The first-order chi connectivity index (χ1) is 11.3.